The van der Waals surface area contributed by atoms with Gasteiger partial charge in [-0.1, -0.05) is 31.2 Å². The van der Waals surface area contributed by atoms with Gasteiger partial charge in [0.15, 0.2) is 11.6 Å². The van der Waals surface area contributed by atoms with Crippen molar-refractivity contribution >= 4 is 5.69 Å². The van der Waals surface area contributed by atoms with E-state index in [0.29, 0.717) is 6.54 Å². The van der Waals surface area contributed by atoms with Gasteiger partial charge in [0, 0.05) is 12.2 Å². The molecule has 0 heterocycles. The summed E-state index contributed by atoms with van der Waals surface area (Å²) in [5, 5.41) is 3.31. The first-order valence-corrected chi connectivity index (χ1v) is 6.38. The van der Waals surface area contributed by atoms with Crippen molar-refractivity contribution in [3.05, 3.63) is 64.7 Å². The van der Waals surface area contributed by atoms with Crippen LogP contribution in [0.5, 0.6) is 0 Å². The standard InChI is InChI=1S/C16H17F2N/c1-3-13-6-4-5-11(2)16(13)19-10-12-7-8-14(17)15(18)9-12/h4-9,19H,3,10H2,1-2H3. The minimum Gasteiger partial charge on any atom is -0.381 e. The number of para-hydroxylation sites is 1. The Bertz CT molecular complexity index is 579. The van der Waals surface area contributed by atoms with Crippen molar-refractivity contribution in [1.29, 1.82) is 0 Å². The summed E-state index contributed by atoms with van der Waals surface area (Å²) in [6.45, 7) is 4.61. The molecule has 0 aromatic heterocycles. The lowest BCUT2D eigenvalue weighted by atomic mass is 10.1. The van der Waals surface area contributed by atoms with Crippen LogP contribution in [0, 0.1) is 18.6 Å². The minimum absolute atomic E-state index is 0.481. The van der Waals surface area contributed by atoms with Gasteiger partial charge in [-0.25, -0.2) is 8.78 Å². The maximum Gasteiger partial charge on any atom is 0.159 e. The van der Waals surface area contributed by atoms with Gasteiger partial charge >= 0.3 is 0 Å². The molecule has 2 aromatic carbocycles. The van der Waals surface area contributed by atoms with Crippen molar-refractivity contribution in [2.75, 3.05) is 5.32 Å². The number of benzene rings is 2. The number of anilines is 1. The molecule has 2 rings (SSSR count). The SMILES string of the molecule is CCc1cccc(C)c1NCc1ccc(F)c(F)c1. The lowest BCUT2D eigenvalue weighted by Gasteiger charge is -2.14. The zero-order valence-corrected chi connectivity index (χ0v) is 11.1. The number of hydrogen-bond acceptors (Lipinski definition) is 1. The summed E-state index contributed by atoms with van der Waals surface area (Å²) in [4.78, 5) is 0. The number of hydrogen-bond donors (Lipinski definition) is 1. The van der Waals surface area contributed by atoms with E-state index in [0.717, 1.165) is 29.3 Å². The summed E-state index contributed by atoms with van der Waals surface area (Å²) in [6, 6.07) is 10.1. The van der Waals surface area contributed by atoms with E-state index in [1.165, 1.54) is 11.6 Å². The first kappa shape index (κ1) is 13.5. The van der Waals surface area contributed by atoms with Crippen molar-refractivity contribution in [2.45, 2.75) is 26.8 Å². The average molecular weight is 261 g/mol. The first-order valence-electron chi connectivity index (χ1n) is 6.38. The van der Waals surface area contributed by atoms with Crippen molar-refractivity contribution in [3.8, 4) is 0 Å². The Kier molecular flexibility index (Phi) is 4.15. The van der Waals surface area contributed by atoms with Gasteiger partial charge in [-0.15, -0.1) is 0 Å². The molecule has 0 saturated heterocycles. The van der Waals surface area contributed by atoms with E-state index in [2.05, 4.69) is 18.3 Å². The predicted molar refractivity (Wildman–Crippen MR) is 74.2 cm³/mol. The molecule has 0 aliphatic heterocycles. The molecule has 1 N–H and O–H groups in total. The van der Waals surface area contributed by atoms with Gasteiger partial charge in [-0.05, 0) is 42.2 Å². The summed E-state index contributed by atoms with van der Waals surface area (Å²) in [5.74, 6) is -1.62. The topological polar surface area (TPSA) is 12.0 Å². The fourth-order valence-corrected chi connectivity index (χ4v) is 2.12. The monoisotopic (exact) mass is 261 g/mol. The van der Waals surface area contributed by atoms with Crippen LogP contribution < -0.4 is 5.32 Å². The third-order valence-electron chi connectivity index (χ3n) is 3.19. The van der Waals surface area contributed by atoms with Gasteiger partial charge in [0.1, 0.15) is 0 Å². The quantitative estimate of drug-likeness (QED) is 0.857. The summed E-state index contributed by atoms with van der Waals surface area (Å²) < 4.78 is 26.0. The van der Waals surface area contributed by atoms with E-state index < -0.39 is 11.6 Å². The molecule has 1 nitrogen and oxygen atoms in total. The van der Waals surface area contributed by atoms with Gasteiger partial charge in [0.05, 0.1) is 0 Å². The maximum absolute atomic E-state index is 13.1. The van der Waals surface area contributed by atoms with Crippen LogP contribution in [0.3, 0.4) is 0 Å². The van der Waals surface area contributed by atoms with Gasteiger partial charge in [-0.2, -0.15) is 0 Å². The highest BCUT2D eigenvalue weighted by molar-refractivity contribution is 5.57. The van der Waals surface area contributed by atoms with Gasteiger partial charge in [-0.3, -0.25) is 0 Å². The Morgan fingerprint density at radius 3 is 2.53 bits per heavy atom. The second kappa shape index (κ2) is 5.83. The molecule has 3 heteroatoms. The van der Waals surface area contributed by atoms with Crippen LogP contribution in [-0.2, 0) is 13.0 Å². The molecule has 0 atom stereocenters. The largest absolute Gasteiger partial charge is 0.381 e. The first-order chi connectivity index (χ1) is 9.11. The molecule has 0 radical (unpaired) electrons. The zero-order valence-electron chi connectivity index (χ0n) is 11.1. The highest BCUT2D eigenvalue weighted by atomic mass is 19.2. The number of rotatable bonds is 4. The summed E-state index contributed by atoms with van der Waals surface area (Å²) in [5.41, 5.74) is 4.18. The Balaban J connectivity index is 2.16. The third-order valence-corrected chi connectivity index (χ3v) is 3.19. The van der Waals surface area contributed by atoms with Gasteiger partial charge in [0.25, 0.3) is 0 Å². The lowest BCUT2D eigenvalue weighted by molar-refractivity contribution is 0.507. The zero-order chi connectivity index (χ0) is 13.8. The average Bonchev–Trinajstić information content (AvgIpc) is 2.41. The van der Waals surface area contributed by atoms with Crippen LogP contribution in [0.25, 0.3) is 0 Å². The van der Waals surface area contributed by atoms with Crippen molar-refractivity contribution < 1.29 is 8.78 Å². The normalized spacial score (nSPS) is 10.5. The van der Waals surface area contributed by atoms with E-state index in [1.807, 2.05) is 19.1 Å². The molecule has 0 aliphatic carbocycles. The molecule has 0 amide bonds. The van der Waals surface area contributed by atoms with Crippen LogP contribution in [-0.4, -0.2) is 0 Å². The Morgan fingerprint density at radius 1 is 1.05 bits per heavy atom. The minimum atomic E-state index is -0.811. The molecule has 0 fully saturated rings. The summed E-state index contributed by atoms with van der Waals surface area (Å²) in [7, 11) is 0. The van der Waals surface area contributed by atoms with E-state index in [4.69, 9.17) is 0 Å². The summed E-state index contributed by atoms with van der Waals surface area (Å²) in [6.07, 6.45) is 0.932. The molecule has 100 valence electrons. The molecular weight excluding hydrogens is 244 g/mol. The lowest BCUT2D eigenvalue weighted by Crippen LogP contribution is -2.04. The van der Waals surface area contributed by atoms with Crippen LogP contribution in [0.4, 0.5) is 14.5 Å². The molecule has 0 spiro atoms. The smallest absolute Gasteiger partial charge is 0.159 e. The molecule has 2 aromatic rings. The van der Waals surface area contributed by atoms with Crippen LogP contribution in [0.1, 0.15) is 23.6 Å². The second-order valence-corrected chi connectivity index (χ2v) is 4.56. The van der Waals surface area contributed by atoms with Crippen molar-refractivity contribution in [2.24, 2.45) is 0 Å². The Hall–Kier alpha value is -1.90. The molecule has 0 aliphatic rings. The Morgan fingerprint density at radius 2 is 1.84 bits per heavy atom. The van der Waals surface area contributed by atoms with Crippen LogP contribution in [0.2, 0.25) is 0 Å². The van der Waals surface area contributed by atoms with E-state index >= 15 is 0 Å². The highest BCUT2D eigenvalue weighted by Crippen LogP contribution is 2.22. The van der Waals surface area contributed by atoms with Crippen LogP contribution >= 0.6 is 0 Å². The molecular formula is C16H17F2N. The highest BCUT2D eigenvalue weighted by Gasteiger charge is 2.05. The second-order valence-electron chi connectivity index (χ2n) is 4.56. The maximum atomic E-state index is 13.1. The fraction of sp³-hybridized carbons (Fsp3) is 0.250. The van der Waals surface area contributed by atoms with Crippen molar-refractivity contribution in [3.63, 3.8) is 0 Å². The summed E-state index contributed by atoms with van der Waals surface area (Å²) >= 11 is 0. The fourth-order valence-electron chi connectivity index (χ4n) is 2.12. The number of halogens is 2. The molecule has 0 saturated carbocycles. The molecule has 0 unspecified atom stereocenters. The van der Waals surface area contributed by atoms with Gasteiger partial charge < -0.3 is 5.32 Å². The Labute approximate surface area is 112 Å². The van der Waals surface area contributed by atoms with Crippen molar-refractivity contribution in [1.82, 2.24) is 0 Å². The molecule has 0 bridgehead atoms. The van der Waals surface area contributed by atoms with E-state index in [1.54, 1.807) is 6.07 Å². The number of nitrogens with one attached hydrogen (secondary N) is 1. The van der Waals surface area contributed by atoms with E-state index in [-0.39, 0.29) is 0 Å². The molecule has 19 heavy (non-hydrogen) atoms. The number of aryl methyl sites for hydroxylation is 2. The predicted octanol–water partition coefficient (Wildman–Crippen LogP) is 4.45. The van der Waals surface area contributed by atoms with Crippen LogP contribution in [0.15, 0.2) is 36.4 Å². The third kappa shape index (κ3) is 3.11. The van der Waals surface area contributed by atoms with E-state index in [9.17, 15) is 8.78 Å². The van der Waals surface area contributed by atoms with Gasteiger partial charge in [0.2, 0.25) is 0 Å².